The first kappa shape index (κ1) is 25.3. The largest absolute Gasteiger partial charge is 0.342 e. The maximum atomic E-state index is 12.8. The van der Waals surface area contributed by atoms with Crippen LogP contribution in [0.5, 0.6) is 0 Å². The van der Waals surface area contributed by atoms with Gasteiger partial charge in [0.15, 0.2) is 0 Å². The molecule has 1 unspecified atom stereocenters. The monoisotopic (exact) mass is 464 g/mol. The van der Waals surface area contributed by atoms with Crippen molar-refractivity contribution in [1.82, 2.24) is 4.90 Å². The number of halogens is 1. The van der Waals surface area contributed by atoms with Crippen LogP contribution in [0.2, 0.25) is 5.02 Å². The molecule has 0 aromatic heterocycles. The molecule has 33 heavy (non-hydrogen) atoms. The topological polar surface area (TPSA) is 44.1 Å². The second-order valence-corrected chi connectivity index (χ2v) is 10.8. The van der Waals surface area contributed by atoms with E-state index in [4.69, 9.17) is 11.6 Å². The lowest BCUT2D eigenvalue weighted by Crippen LogP contribution is -2.35. The maximum absolute atomic E-state index is 12.8. The van der Waals surface area contributed by atoms with Gasteiger partial charge >= 0.3 is 0 Å². The minimum absolute atomic E-state index is 0.0690. The van der Waals surface area contributed by atoms with Crippen molar-refractivity contribution in [1.29, 1.82) is 5.26 Å². The second-order valence-electron chi connectivity index (χ2n) is 10.4. The number of amides is 1. The van der Waals surface area contributed by atoms with Crippen LogP contribution < -0.4 is 0 Å². The molecule has 176 valence electrons. The number of carbonyl (C=O) groups is 1. The lowest BCUT2D eigenvalue weighted by atomic mass is 9.68. The lowest BCUT2D eigenvalue weighted by Gasteiger charge is -2.37. The summed E-state index contributed by atoms with van der Waals surface area (Å²) in [5.74, 6) is 1.33. The third kappa shape index (κ3) is 6.61. The number of hydrogen-bond donors (Lipinski definition) is 0. The minimum Gasteiger partial charge on any atom is -0.342 e. The normalized spacial score (nSPS) is 17.7. The fourth-order valence-corrected chi connectivity index (χ4v) is 5.29. The van der Waals surface area contributed by atoms with Crippen molar-refractivity contribution in [3.05, 3.63) is 69.7 Å². The highest BCUT2D eigenvalue weighted by Crippen LogP contribution is 2.42. The zero-order valence-corrected chi connectivity index (χ0v) is 21.3. The molecular formula is C29H37ClN2O. The molecule has 3 rings (SSSR count). The van der Waals surface area contributed by atoms with Gasteiger partial charge in [0.05, 0.1) is 10.6 Å². The highest BCUT2D eigenvalue weighted by molar-refractivity contribution is 6.31. The lowest BCUT2D eigenvalue weighted by molar-refractivity contribution is -0.130. The van der Waals surface area contributed by atoms with Gasteiger partial charge in [-0.25, -0.2) is 0 Å². The molecule has 0 aliphatic carbocycles. The van der Waals surface area contributed by atoms with Crippen LogP contribution in [0.1, 0.15) is 68.7 Å². The first-order valence-corrected chi connectivity index (χ1v) is 12.6. The van der Waals surface area contributed by atoms with Crippen molar-refractivity contribution >= 4 is 17.5 Å². The van der Waals surface area contributed by atoms with Gasteiger partial charge in [-0.1, -0.05) is 62.7 Å². The van der Waals surface area contributed by atoms with Crippen molar-refractivity contribution in [2.75, 3.05) is 13.1 Å². The summed E-state index contributed by atoms with van der Waals surface area (Å²) in [5.41, 5.74) is 4.47. The van der Waals surface area contributed by atoms with E-state index in [9.17, 15) is 10.1 Å². The van der Waals surface area contributed by atoms with Crippen molar-refractivity contribution in [2.45, 2.75) is 66.2 Å². The van der Waals surface area contributed by atoms with Crippen molar-refractivity contribution < 1.29 is 4.79 Å². The van der Waals surface area contributed by atoms with Gasteiger partial charge in [-0.3, -0.25) is 4.79 Å². The number of nitriles is 1. The summed E-state index contributed by atoms with van der Waals surface area (Å²) in [6, 6.07) is 16.6. The number of aryl methyl sites for hydroxylation is 2. The van der Waals surface area contributed by atoms with E-state index < -0.39 is 0 Å². The average molecular weight is 465 g/mol. The van der Waals surface area contributed by atoms with Crippen LogP contribution in [0.3, 0.4) is 0 Å². The van der Waals surface area contributed by atoms with Crippen molar-refractivity contribution in [3.8, 4) is 6.07 Å². The molecule has 1 amide bonds. The first-order chi connectivity index (χ1) is 15.7. The smallest absolute Gasteiger partial charge is 0.222 e. The van der Waals surface area contributed by atoms with Gasteiger partial charge in [-0.05, 0) is 85.1 Å². The molecule has 0 radical (unpaired) electrons. The Morgan fingerprint density at radius 1 is 1.27 bits per heavy atom. The summed E-state index contributed by atoms with van der Waals surface area (Å²) < 4.78 is 0. The molecule has 1 heterocycles. The number of nitrogens with zero attached hydrogens (tertiary/aromatic N) is 2. The maximum Gasteiger partial charge on any atom is 0.222 e. The standard InChI is InChI=1S/C29H37ClN2O/c1-21(2)9-12-28(33)32-16-14-26(20-32)29(4,18-24-8-6-5-7-22(24)3)15-13-23-10-11-25(19-31)27(30)17-23/h5-8,10-11,17,21,26H,9,12-16,18,20H2,1-4H3/t26?,29-/m1/s1. The van der Waals surface area contributed by atoms with Gasteiger partial charge in [0, 0.05) is 19.5 Å². The molecule has 1 aliphatic heterocycles. The average Bonchev–Trinajstić information content (AvgIpc) is 3.29. The van der Waals surface area contributed by atoms with E-state index in [1.807, 2.05) is 18.2 Å². The van der Waals surface area contributed by atoms with E-state index in [0.29, 0.717) is 34.7 Å². The summed E-state index contributed by atoms with van der Waals surface area (Å²) in [6.45, 7) is 10.7. The molecule has 0 N–H and O–H groups in total. The summed E-state index contributed by atoms with van der Waals surface area (Å²) in [5, 5.41) is 9.70. The van der Waals surface area contributed by atoms with E-state index in [2.05, 4.69) is 62.9 Å². The van der Waals surface area contributed by atoms with Gasteiger partial charge in [0.2, 0.25) is 5.91 Å². The Kier molecular flexibility index (Phi) is 8.60. The zero-order valence-electron chi connectivity index (χ0n) is 20.5. The fourth-order valence-electron chi connectivity index (χ4n) is 5.04. The molecule has 1 fully saturated rings. The third-order valence-corrected chi connectivity index (χ3v) is 7.77. The Hall–Kier alpha value is -2.31. The van der Waals surface area contributed by atoms with Crippen LogP contribution in [0.4, 0.5) is 0 Å². The van der Waals surface area contributed by atoms with E-state index in [1.165, 1.54) is 11.1 Å². The van der Waals surface area contributed by atoms with Gasteiger partial charge < -0.3 is 4.90 Å². The zero-order chi connectivity index (χ0) is 24.0. The molecule has 0 bridgehead atoms. The fraction of sp³-hybridized carbons (Fsp3) is 0.517. The van der Waals surface area contributed by atoms with Gasteiger partial charge in [0.1, 0.15) is 6.07 Å². The number of hydrogen-bond acceptors (Lipinski definition) is 2. The molecule has 2 atom stereocenters. The molecule has 3 nitrogen and oxygen atoms in total. The summed E-state index contributed by atoms with van der Waals surface area (Å²) in [4.78, 5) is 14.9. The highest BCUT2D eigenvalue weighted by atomic mass is 35.5. The van der Waals surface area contributed by atoms with E-state index in [1.54, 1.807) is 0 Å². The van der Waals surface area contributed by atoms with Gasteiger partial charge in [-0.15, -0.1) is 0 Å². The van der Waals surface area contributed by atoms with Crippen molar-refractivity contribution in [3.63, 3.8) is 0 Å². The van der Waals surface area contributed by atoms with Gasteiger partial charge in [0.25, 0.3) is 0 Å². The number of benzene rings is 2. The molecule has 2 aromatic carbocycles. The Bertz CT molecular complexity index is 1010. The molecule has 0 saturated carbocycles. The highest BCUT2D eigenvalue weighted by Gasteiger charge is 2.39. The van der Waals surface area contributed by atoms with Crippen molar-refractivity contribution in [2.24, 2.45) is 17.3 Å². The molecule has 1 aliphatic rings. The summed E-state index contributed by atoms with van der Waals surface area (Å²) in [7, 11) is 0. The van der Waals surface area contributed by atoms with Gasteiger partial charge in [-0.2, -0.15) is 5.26 Å². The predicted molar refractivity (Wildman–Crippen MR) is 136 cm³/mol. The Balaban J connectivity index is 1.77. The van der Waals surface area contributed by atoms with Crippen LogP contribution in [-0.2, 0) is 17.6 Å². The van der Waals surface area contributed by atoms with Crippen LogP contribution in [0.15, 0.2) is 42.5 Å². The molecule has 4 heteroatoms. The predicted octanol–water partition coefficient (Wildman–Crippen LogP) is 6.99. The molecular weight excluding hydrogens is 428 g/mol. The number of likely N-dealkylation sites (tertiary alicyclic amines) is 1. The summed E-state index contributed by atoms with van der Waals surface area (Å²) >= 11 is 6.30. The van der Waals surface area contributed by atoms with E-state index in [-0.39, 0.29) is 5.41 Å². The Morgan fingerprint density at radius 3 is 2.70 bits per heavy atom. The van der Waals surface area contributed by atoms with E-state index in [0.717, 1.165) is 50.8 Å². The molecule has 0 spiro atoms. The Labute approximate surface area is 204 Å². The van der Waals surface area contributed by atoms with E-state index >= 15 is 0 Å². The number of carbonyl (C=O) groups excluding carboxylic acids is 1. The number of rotatable bonds is 9. The quantitative estimate of drug-likeness (QED) is 0.401. The first-order valence-electron chi connectivity index (χ1n) is 12.2. The van der Waals surface area contributed by atoms with Crippen LogP contribution >= 0.6 is 11.6 Å². The SMILES string of the molecule is Cc1ccccc1C[C@@](C)(CCc1ccc(C#N)c(Cl)c1)C1CCN(C(=O)CCC(C)C)C1. The third-order valence-electron chi connectivity index (χ3n) is 7.46. The molecule has 1 saturated heterocycles. The van der Waals surface area contributed by atoms with Crippen LogP contribution in [0.25, 0.3) is 0 Å². The molecule has 2 aromatic rings. The second kappa shape index (κ2) is 11.2. The summed E-state index contributed by atoms with van der Waals surface area (Å²) in [6.07, 6.45) is 5.60. The van der Waals surface area contributed by atoms with Crippen LogP contribution in [-0.4, -0.2) is 23.9 Å². The Morgan fingerprint density at radius 2 is 2.03 bits per heavy atom. The van der Waals surface area contributed by atoms with Crippen LogP contribution in [0, 0.1) is 35.5 Å². The minimum atomic E-state index is 0.0690.